The van der Waals surface area contributed by atoms with Gasteiger partial charge in [-0.15, -0.1) is 0 Å². The Kier molecular flexibility index (Phi) is 5.83. The average molecular weight is 284 g/mol. The van der Waals surface area contributed by atoms with Crippen molar-refractivity contribution in [3.05, 3.63) is 28.8 Å². The van der Waals surface area contributed by atoms with E-state index in [4.69, 9.17) is 16.3 Å². The van der Waals surface area contributed by atoms with Crippen LogP contribution in [0.3, 0.4) is 0 Å². The highest BCUT2D eigenvalue weighted by atomic mass is 35.5. The van der Waals surface area contributed by atoms with Crippen molar-refractivity contribution in [3.63, 3.8) is 0 Å². The minimum absolute atomic E-state index is 0.0798. The molecule has 1 rings (SSSR count). The number of rotatable bonds is 6. The fourth-order valence-electron chi connectivity index (χ4n) is 1.71. The Morgan fingerprint density at radius 1 is 1.26 bits per heavy atom. The molecular formula is C14H18ClNO3. The zero-order valence-corrected chi connectivity index (χ0v) is 12.2. The van der Waals surface area contributed by atoms with E-state index in [1.807, 2.05) is 13.8 Å². The van der Waals surface area contributed by atoms with Crippen LogP contribution in [0.1, 0.15) is 31.1 Å². The van der Waals surface area contributed by atoms with Crippen LogP contribution in [0.15, 0.2) is 18.2 Å². The molecule has 0 aromatic heterocycles. The third kappa shape index (κ3) is 4.24. The van der Waals surface area contributed by atoms with Crippen molar-refractivity contribution in [1.82, 2.24) is 4.90 Å². The van der Waals surface area contributed by atoms with E-state index >= 15 is 0 Å². The van der Waals surface area contributed by atoms with Gasteiger partial charge in [0.1, 0.15) is 5.75 Å². The number of Topliss-reactive ketones (excluding diaryl/α,β-unsaturated/α-hetero) is 1. The molecule has 0 unspecified atom stereocenters. The summed E-state index contributed by atoms with van der Waals surface area (Å²) in [6, 6.07) is 4.78. The van der Waals surface area contributed by atoms with Gasteiger partial charge in [-0.05, 0) is 39.0 Å². The summed E-state index contributed by atoms with van der Waals surface area (Å²) in [6.45, 7) is 6.45. The largest absolute Gasteiger partial charge is 0.483 e. The molecule has 0 saturated heterocycles. The third-order valence-electron chi connectivity index (χ3n) is 2.79. The van der Waals surface area contributed by atoms with Crippen molar-refractivity contribution in [2.24, 2.45) is 0 Å². The Morgan fingerprint density at radius 3 is 2.42 bits per heavy atom. The summed E-state index contributed by atoms with van der Waals surface area (Å²) in [5.41, 5.74) is 0.389. The zero-order chi connectivity index (χ0) is 14.4. The lowest BCUT2D eigenvalue weighted by Crippen LogP contribution is -2.34. The Bertz CT molecular complexity index is 470. The van der Waals surface area contributed by atoms with Crippen LogP contribution in [0.25, 0.3) is 0 Å². The molecule has 5 heteroatoms. The maximum absolute atomic E-state index is 11.8. The van der Waals surface area contributed by atoms with E-state index in [2.05, 4.69) is 0 Å². The summed E-state index contributed by atoms with van der Waals surface area (Å²) in [4.78, 5) is 25.0. The highest BCUT2D eigenvalue weighted by molar-refractivity contribution is 6.31. The first-order valence-corrected chi connectivity index (χ1v) is 6.58. The minimum Gasteiger partial charge on any atom is -0.483 e. The van der Waals surface area contributed by atoms with Gasteiger partial charge in [0, 0.05) is 18.1 Å². The van der Waals surface area contributed by atoms with Crippen LogP contribution in [0.4, 0.5) is 0 Å². The summed E-state index contributed by atoms with van der Waals surface area (Å²) < 4.78 is 5.43. The first kappa shape index (κ1) is 15.5. The quantitative estimate of drug-likeness (QED) is 0.754. The van der Waals surface area contributed by atoms with Gasteiger partial charge >= 0.3 is 0 Å². The summed E-state index contributed by atoms with van der Waals surface area (Å²) >= 11 is 5.84. The van der Waals surface area contributed by atoms with Crippen LogP contribution in [0, 0.1) is 0 Å². The molecule has 4 nitrogen and oxygen atoms in total. The van der Waals surface area contributed by atoms with Gasteiger partial charge in [-0.25, -0.2) is 0 Å². The van der Waals surface area contributed by atoms with Crippen molar-refractivity contribution in [2.75, 3.05) is 19.7 Å². The van der Waals surface area contributed by atoms with Gasteiger partial charge in [0.05, 0.1) is 5.56 Å². The number of hydrogen-bond acceptors (Lipinski definition) is 3. The van der Waals surface area contributed by atoms with Crippen molar-refractivity contribution < 1.29 is 14.3 Å². The molecule has 1 amide bonds. The first-order valence-electron chi connectivity index (χ1n) is 6.20. The second-order valence-corrected chi connectivity index (χ2v) is 4.49. The summed E-state index contributed by atoms with van der Waals surface area (Å²) in [6.07, 6.45) is 0. The monoisotopic (exact) mass is 283 g/mol. The van der Waals surface area contributed by atoms with Crippen LogP contribution >= 0.6 is 11.6 Å². The maximum Gasteiger partial charge on any atom is 0.260 e. The molecule has 0 aliphatic carbocycles. The van der Waals surface area contributed by atoms with Crippen LogP contribution in [-0.4, -0.2) is 36.3 Å². The smallest absolute Gasteiger partial charge is 0.260 e. The van der Waals surface area contributed by atoms with E-state index < -0.39 is 0 Å². The van der Waals surface area contributed by atoms with E-state index in [0.29, 0.717) is 29.4 Å². The van der Waals surface area contributed by atoms with E-state index in [1.54, 1.807) is 23.1 Å². The lowest BCUT2D eigenvalue weighted by Gasteiger charge is -2.19. The number of ether oxygens (including phenoxy) is 1. The predicted octanol–water partition coefficient (Wildman–Crippen LogP) is 2.79. The molecule has 19 heavy (non-hydrogen) atoms. The molecule has 0 spiro atoms. The Balaban J connectivity index is 2.78. The SMILES string of the molecule is CCN(CC)C(=O)COc1ccc(Cl)cc1C(C)=O. The van der Waals surface area contributed by atoms with E-state index in [1.165, 1.54) is 6.92 Å². The molecular weight excluding hydrogens is 266 g/mol. The number of nitrogens with zero attached hydrogens (tertiary/aromatic N) is 1. The third-order valence-corrected chi connectivity index (χ3v) is 3.02. The Morgan fingerprint density at radius 2 is 1.89 bits per heavy atom. The summed E-state index contributed by atoms with van der Waals surface area (Å²) in [7, 11) is 0. The number of likely N-dealkylation sites (N-methyl/N-ethyl adjacent to an activating group) is 1. The van der Waals surface area contributed by atoms with E-state index in [0.717, 1.165) is 0 Å². The highest BCUT2D eigenvalue weighted by Crippen LogP contribution is 2.23. The standard InChI is InChI=1S/C14H18ClNO3/c1-4-16(5-2)14(18)9-19-13-7-6-11(15)8-12(13)10(3)17/h6-8H,4-5,9H2,1-3H3. The fourth-order valence-corrected chi connectivity index (χ4v) is 1.88. The topological polar surface area (TPSA) is 46.6 Å². The van der Waals surface area contributed by atoms with Crippen molar-refractivity contribution >= 4 is 23.3 Å². The van der Waals surface area contributed by atoms with Crippen molar-refractivity contribution in [3.8, 4) is 5.75 Å². The number of halogens is 1. The van der Waals surface area contributed by atoms with Gasteiger partial charge in [0.2, 0.25) is 0 Å². The fraction of sp³-hybridized carbons (Fsp3) is 0.429. The predicted molar refractivity (Wildman–Crippen MR) is 74.9 cm³/mol. The number of ketones is 1. The van der Waals surface area contributed by atoms with Gasteiger partial charge in [-0.2, -0.15) is 0 Å². The molecule has 1 aromatic carbocycles. The molecule has 0 saturated carbocycles. The van der Waals surface area contributed by atoms with E-state index in [-0.39, 0.29) is 18.3 Å². The number of amides is 1. The molecule has 0 N–H and O–H groups in total. The Hall–Kier alpha value is -1.55. The normalized spacial score (nSPS) is 10.1. The summed E-state index contributed by atoms with van der Waals surface area (Å²) in [5, 5.41) is 0.465. The number of hydrogen-bond donors (Lipinski definition) is 0. The van der Waals surface area contributed by atoms with Crippen molar-refractivity contribution in [1.29, 1.82) is 0 Å². The van der Waals surface area contributed by atoms with Crippen LogP contribution in [-0.2, 0) is 4.79 Å². The second-order valence-electron chi connectivity index (χ2n) is 4.05. The molecule has 0 heterocycles. The maximum atomic E-state index is 11.8. The van der Waals surface area contributed by atoms with Crippen LogP contribution in [0.5, 0.6) is 5.75 Å². The molecule has 0 aliphatic rings. The van der Waals surface area contributed by atoms with Gasteiger partial charge in [0.15, 0.2) is 12.4 Å². The van der Waals surface area contributed by atoms with Gasteiger partial charge in [0.25, 0.3) is 5.91 Å². The highest BCUT2D eigenvalue weighted by Gasteiger charge is 2.13. The molecule has 0 aliphatic heterocycles. The number of carbonyl (C=O) groups is 2. The molecule has 0 bridgehead atoms. The molecule has 104 valence electrons. The zero-order valence-electron chi connectivity index (χ0n) is 11.4. The summed E-state index contributed by atoms with van der Waals surface area (Å²) in [5.74, 6) is 0.139. The molecule has 0 radical (unpaired) electrons. The van der Waals surface area contributed by atoms with Gasteiger partial charge in [-0.1, -0.05) is 11.6 Å². The van der Waals surface area contributed by atoms with Crippen LogP contribution in [0.2, 0.25) is 5.02 Å². The second kappa shape index (κ2) is 7.14. The van der Waals surface area contributed by atoms with E-state index in [9.17, 15) is 9.59 Å². The van der Waals surface area contributed by atoms with Gasteiger partial charge in [-0.3, -0.25) is 9.59 Å². The first-order chi connectivity index (χ1) is 8.99. The molecule has 1 aromatic rings. The number of benzene rings is 1. The van der Waals surface area contributed by atoms with Crippen molar-refractivity contribution in [2.45, 2.75) is 20.8 Å². The average Bonchev–Trinajstić information content (AvgIpc) is 2.38. The minimum atomic E-state index is -0.146. The molecule has 0 fully saturated rings. The molecule has 0 atom stereocenters. The Labute approximate surface area is 118 Å². The lowest BCUT2D eigenvalue weighted by molar-refractivity contribution is -0.132. The van der Waals surface area contributed by atoms with Gasteiger partial charge < -0.3 is 9.64 Å². The number of carbonyl (C=O) groups excluding carboxylic acids is 2. The van der Waals surface area contributed by atoms with Crippen LogP contribution < -0.4 is 4.74 Å². The lowest BCUT2D eigenvalue weighted by atomic mass is 10.1.